The second-order valence-corrected chi connectivity index (χ2v) is 7.51. The van der Waals surface area contributed by atoms with Crippen molar-refractivity contribution < 1.29 is 13.2 Å². The van der Waals surface area contributed by atoms with Crippen molar-refractivity contribution in [3.8, 4) is 6.07 Å². The molecule has 0 heterocycles. The summed E-state index contributed by atoms with van der Waals surface area (Å²) in [7, 11) is 0. The van der Waals surface area contributed by atoms with Crippen LogP contribution in [0, 0.1) is 34.8 Å². The topological polar surface area (TPSA) is 23.8 Å². The van der Waals surface area contributed by atoms with Gasteiger partial charge in [-0.05, 0) is 61.3 Å². The van der Waals surface area contributed by atoms with E-state index in [1.165, 1.54) is 56.4 Å². The molecule has 4 heteroatoms. The minimum atomic E-state index is -0.781. The summed E-state index contributed by atoms with van der Waals surface area (Å²) in [6.45, 7) is 0. The fraction of sp³-hybridized carbons (Fsp3) is 0.522. The zero-order chi connectivity index (χ0) is 19.5. The molecule has 1 aromatic carbocycles. The second kappa shape index (κ2) is 11.6. The monoisotopic (exact) mass is 375 g/mol. The molecule has 0 bridgehead atoms. The lowest BCUT2D eigenvalue weighted by Crippen LogP contribution is -2.14. The lowest BCUT2D eigenvalue weighted by atomic mass is 9.78. The Morgan fingerprint density at radius 1 is 1.04 bits per heavy atom. The Hall–Kier alpha value is -2.02. The molecular formula is C23H28F3N. The molecule has 2 rings (SSSR count). The normalized spacial score (nSPS) is 20.7. The number of aryl methyl sites for hydroxylation is 1. The van der Waals surface area contributed by atoms with E-state index in [-0.39, 0.29) is 0 Å². The molecule has 0 radical (unpaired) electrons. The van der Waals surface area contributed by atoms with Gasteiger partial charge < -0.3 is 0 Å². The third-order valence-electron chi connectivity index (χ3n) is 5.51. The molecule has 0 aromatic heterocycles. The van der Waals surface area contributed by atoms with Gasteiger partial charge >= 0.3 is 0 Å². The predicted molar refractivity (Wildman–Crippen MR) is 103 cm³/mol. The van der Waals surface area contributed by atoms with Crippen LogP contribution in [0.4, 0.5) is 13.2 Å². The van der Waals surface area contributed by atoms with Gasteiger partial charge in [0.15, 0.2) is 17.5 Å². The van der Waals surface area contributed by atoms with Crippen molar-refractivity contribution in [3.05, 3.63) is 59.5 Å². The molecule has 0 spiro atoms. The number of nitrogens with zero attached hydrogens (tertiary/aromatic N) is 1. The van der Waals surface area contributed by atoms with E-state index >= 15 is 0 Å². The third kappa shape index (κ3) is 8.03. The minimum absolute atomic E-state index is 0.748. The predicted octanol–water partition coefficient (Wildman–Crippen LogP) is 7.20. The largest absolute Gasteiger partial charge is 0.204 e. The molecule has 0 unspecified atom stereocenters. The summed E-state index contributed by atoms with van der Waals surface area (Å²) in [6, 6.07) is 5.64. The van der Waals surface area contributed by atoms with Gasteiger partial charge in [0, 0.05) is 0 Å². The van der Waals surface area contributed by atoms with E-state index in [2.05, 4.69) is 0 Å². The zero-order valence-electron chi connectivity index (χ0n) is 15.8. The van der Waals surface area contributed by atoms with E-state index < -0.39 is 17.5 Å². The fourth-order valence-electron chi connectivity index (χ4n) is 3.88. The maximum Gasteiger partial charge on any atom is 0.199 e. The quantitative estimate of drug-likeness (QED) is 0.254. The van der Waals surface area contributed by atoms with Crippen molar-refractivity contribution in [1.82, 2.24) is 0 Å². The van der Waals surface area contributed by atoms with Gasteiger partial charge in [-0.1, -0.05) is 56.7 Å². The van der Waals surface area contributed by atoms with Gasteiger partial charge in [0.2, 0.25) is 0 Å². The summed E-state index contributed by atoms with van der Waals surface area (Å²) in [5.41, 5.74) is 0.871. The summed E-state index contributed by atoms with van der Waals surface area (Å²) >= 11 is 0. The van der Waals surface area contributed by atoms with E-state index in [4.69, 9.17) is 5.26 Å². The molecule has 0 saturated heterocycles. The molecule has 1 aromatic rings. The minimum Gasteiger partial charge on any atom is -0.204 e. The molecule has 1 aliphatic carbocycles. The summed E-state index contributed by atoms with van der Waals surface area (Å²) < 4.78 is 38.7. The van der Waals surface area contributed by atoms with E-state index in [1.54, 1.807) is 12.1 Å². The van der Waals surface area contributed by atoms with E-state index in [0.717, 1.165) is 49.5 Å². The molecule has 1 fully saturated rings. The first-order valence-electron chi connectivity index (χ1n) is 9.95. The van der Waals surface area contributed by atoms with Gasteiger partial charge in [-0.2, -0.15) is 9.65 Å². The van der Waals surface area contributed by atoms with Gasteiger partial charge in [-0.15, -0.1) is 0 Å². The Balaban J connectivity index is 1.55. The summed E-state index contributed by atoms with van der Waals surface area (Å²) in [5.74, 6) is -0.757. The van der Waals surface area contributed by atoms with Crippen LogP contribution in [0.1, 0.15) is 63.4 Å². The first kappa shape index (κ1) is 21.3. The van der Waals surface area contributed by atoms with Crippen LogP contribution in [0.3, 0.4) is 0 Å². The molecule has 0 aliphatic heterocycles. The number of rotatable bonds is 9. The smallest absolute Gasteiger partial charge is 0.199 e. The fourth-order valence-corrected chi connectivity index (χ4v) is 3.88. The maximum atomic E-state index is 13.2. The number of allylic oxidation sites excluding steroid dienone is 4. The SMILES string of the molecule is N#CC(F)=CC=CCCC1CCC(CCCCc2ccc(F)c(F)c2)CC1. The van der Waals surface area contributed by atoms with Crippen LogP contribution in [-0.2, 0) is 6.42 Å². The van der Waals surface area contributed by atoms with Gasteiger partial charge in [0.05, 0.1) is 0 Å². The van der Waals surface area contributed by atoms with Gasteiger partial charge in [0.25, 0.3) is 0 Å². The van der Waals surface area contributed by atoms with Crippen molar-refractivity contribution in [3.63, 3.8) is 0 Å². The van der Waals surface area contributed by atoms with Crippen LogP contribution < -0.4 is 0 Å². The average molecular weight is 375 g/mol. The molecule has 0 amide bonds. The Morgan fingerprint density at radius 2 is 1.74 bits per heavy atom. The lowest BCUT2D eigenvalue weighted by Gasteiger charge is -2.28. The van der Waals surface area contributed by atoms with Crippen LogP contribution in [0.25, 0.3) is 0 Å². The molecule has 146 valence electrons. The second-order valence-electron chi connectivity index (χ2n) is 7.51. The number of halogens is 3. The Bertz CT molecular complexity index is 679. The van der Waals surface area contributed by atoms with Crippen molar-refractivity contribution in [2.24, 2.45) is 11.8 Å². The van der Waals surface area contributed by atoms with Gasteiger partial charge in [-0.3, -0.25) is 0 Å². The van der Waals surface area contributed by atoms with E-state index in [0.29, 0.717) is 0 Å². The average Bonchev–Trinajstić information content (AvgIpc) is 2.68. The number of benzene rings is 1. The Morgan fingerprint density at radius 3 is 2.41 bits per heavy atom. The molecule has 1 nitrogen and oxygen atoms in total. The molecule has 27 heavy (non-hydrogen) atoms. The lowest BCUT2D eigenvalue weighted by molar-refractivity contribution is 0.250. The van der Waals surface area contributed by atoms with Crippen LogP contribution >= 0.6 is 0 Å². The maximum absolute atomic E-state index is 13.2. The highest BCUT2D eigenvalue weighted by molar-refractivity contribution is 5.19. The first-order valence-corrected chi connectivity index (χ1v) is 9.95. The number of hydrogen-bond donors (Lipinski definition) is 0. The standard InChI is InChI=1S/C23H28F3N/c24-21(17-27)9-3-1-2-6-18-10-12-19(13-11-18)7-4-5-8-20-14-15-22(25)23(26)16-20/h1,3,9,14-16,18-19H,2,4-8,10-13H2. The van der Waals surface area contributed by atoms with Crippen LogP contribution in [0.15, 0.2) is 42.3 Å². The summed E-state index contributed by atoms with van der Waals surface area (Å²) in [5, 5.41) is 8.32. The molecular weight excluding hydrogens is 347 g/mol. The zero-order valence-corrected chi connectivity index (χ0v) is 15.8. The van der Waals surface area contributed by atoms with Gasteiger partial charge in [-0.25, -0.2) is 8.78 Å². The molecule has 0 N–H and O–H groups in total. The van der Waals surface area contributed by atoms with Crippen LogP contribution in [0.5, 0.6) is 0 Å². The summed E-state index contributed by atoms with van der Waals surface area (Å²) in [4.78, 5) is 0. The van der Waals surface area contributed by atoms with Crippen molar-refractivity contribution >= 4 is 0 Å². The highest BCUT2D eigenvalue weighted by Crippen LogP contribution is 2.34. The van der Waals surface area contributed by atoms with Gasteiger partial charge in [0.1, 0.15) is 6.07 Å². The number of unbranched alkanes of at least 4 members (excludes halogenated alkanes) is 1. The number of nitriles is 1. The number of hydrogen-bond acceptors (Lipinski definition) is 1. The van der Waals surface area contributed by atoms with Crippen molar-refractivity contribution in [2.45, 2.75) is 64.2 Å². The van der Waals surface area contributed by atoms with Crippen molar-refractivity contribution in [1.29, 1.82) is 5.26 Å². The molecule has 1 saturated carbocycles. The Labute approximate surface area is 160 Å². The third-order valence-corrected chi connectivity index (χ3v) is 5.51. The van der Waals surface area contributed by atoms with Crippen LogP contribution in [-0.4, -0.2) is 0 Å². The highest BCUT2D eigenvalue weighted by Gasteiger charge is 2.20. The van der Waals surface area contributed by atoms with E-state index in [1.807, 2.05) is 6.08 Å². The van der Waals surface area contributed by atoms with Crippen molar-refractivity contribution in [2.75, 3.05) is 0 Å². The molecule has 0 atom stereocenters. The highest BCUT2D eigenvalue weighted by atomic mass is 19.2. The first-order chi connectivity index (χ1) is 13.1. The van der Waals surface area contributed by atoms with Crippen LogP contribution in [0.2, 0.25) is 0 Å². The summed E-state index contributed by atoms with van der Waals surface area (Å²) in [6.07, 6.45) is 16.0. The van der Waals surface area contributed by atoms with E-state index in [9.17, 15) is 13.2 Å². The molecule has 1 aliphatic rings. The Kier molecular flexibility index (Phi) is 9.18.